The molecule has 0 amide bonds. The van der Waals surface area contributed by atoms with Crippen molar-refractivity contribution >= 4 is 34.1 Å². The smallest absolute Gasteiger partial charge is 0.256 e. The van der Waals surface area contributed by atoms with Gasteiger partial charge in [0, 0.05) is 33.6 Å². The highest BCUT2D eigenvalue weighted by Gasteiger charge is 2.37. The molecule has 0 aliphatic heterocycles. The van der Waals surface area contributed by atoms with Crippen molar-refractivity contribution in [3.05, 3.63) is 147 Å². The van der Waals surface area contributed by atoms with Crippen molar-refractivity contribution in [1.29, 1.82) is 0 Å². The van der Waals surface area contributed by atoms with E-state index in [2.05, 4.69) is 9.97 Å². The normalized spacial score (nSPS) is 12.9. The van der Waals surface area contributed by atoms with Crippen LogP contribution in [0.2, 0.25) is 10.0 Å². The van der Waals surface area contributed by atoms with E-state index in [1.807, 2.05) is 73.8 Å². The van der Waals surface area contributed by atoms with E-state index in [1.54, 1.807) is 47.4 Å². The molecule has 0 radical (unpaired) electrons. The van der Waals surface area contributed by atoms with Crippen molar-refractivity contribution in [3.63, 3.8) is 0 Å². The Balaban J connectivity index is 1.71. The van der Waals surface area contributed by atoms with Gasteiger partial charge in [-0.15, -0.1) is 0 Å². The number of benzene rings is 4. The molecule has 1 unspecified atom stereocenters. The number of aromatic amines is 1. The number of aryl methyl sites for hydroxylation is 1. The van der Waals surface area contributed by atoms with Crippen molar-refractivity contribution in [2.45, 2.75) is 5.60 Å². The summed E-state index contributed by atoms with van der Waals surface area (Å²) in [6, 6.07) is 29.7. The molecule has 5 nitrogen and oxygen atoms in total. The van der Waals surface area contributed by atoms with Crippen LogP contribution in [0, 0.1) is 0 Å². The minimum absolute atomic E-state index is 0.212. The van der Waals surface area contributed by atoms with Gasteiger partial charge in [0.1, 0.15) is 0 Å². The summed E-state index contributed by atoms with van der Waals surface area (Å²) in [6.45, 7) is 0. The minimum Gasteiger partial charge on any atom is -0.374 e. The number of nitrogens with one attached hydrogen (secondary N) is 1. The maximum atomic E-state index is 13.5. The monoisotopic (exact) mass is 551 g/mol. The molecule has 39 heavy (non-hydrogen) atoms. The second kappa shape index (κ2) is 9.86. The van der Waals surface area contributed by atoms with Crippen molar-refractivity contribution in [2.75, 3.05) is 0 Å². The highest BCUT2D eigenvalue weighted by atomic mass is 35.5. The number of nitrogens with zero attached hydrogens (tertiary/aromatic N) is 2. The molecule has 0 saturated heterocycles. The summed E-state index contributed by atoms with van der Waals surface area (Å²) in [5.41, 5.74) is 3.52. The van der Waals surface area contributed by atoms with Gasteiger partial charge >= 0.3 is 0 Å². The van der Waals surface area contributed by atoms with Crippen LogP contribution in [0.5, 0.6) is 0 Å². The molecule has 6 rings (SSSR count). The topological polar surface area (TPSA) is 70.9 Å². The number of halogens is 2. The number of rotatable bonds is 5. The summed E-state index contributed by atoms with van der Waals surface area (Å²) in [7, 11) is 1.84. The third kappa shape index (κ3) is 4.35. The molecule has 0 aliphatic carbocycles. The predicted molar refractivity (Wildman–Crippen MR) is 157 cm³/mol. The zero-order valence-corrected chi connectivity index (χ0v) is 22.4. The zero-order chi connectivity index (χ0) is 27.1. The molecule has 0 aliphatic rings. The van der Waals surface area contributed by atoms with E-state index >= 15 is 0 Å². The minimum atomic E-state index is -1.56. The van der Waals surface area contributed by atoms with Crippen LogP contribution in [0.1, 0.15) is 16.8 Å². The zero-order valence-electron chi connectivity index (χ0n) is 20.9. The van der Waals surface area contributed by atoms with Gasteiger partial charge in [-0.25, -0.2) is 4.98 Å². The van der Waals surface area contributed by atoms with E-state index in [-0.39, 0.29) is 5.56 Å². The van der Waals surface area contributed by atoms with Gasteiger partial charge in [0.25, 0.3) is 5.56 Å². The molecule has 6 aromatic rings. The summed E-state index contributed by atoms with van der Waals surface area (Å²) < 4.78 is 1.79. The van der Waals surface area contributed by atoms with Crippen molar-refractivity contribution < 1.29 is 5.11 Å². The van der Waals surface area contributed by atoms with Crippen molar-refractivity contribution in [3.8, 4) is 22.3 Å². The average Bonchev–Trinajstić information content (AvgIpc) is 3.38. The van der Waals surface area contributed by atoms with Crippen LogP contribution in [0.3, 0.4) is 0 Å². The molecular formula is C32H23Cl2N3O2. The number of H-pyrrole nitrogens is 1. The van der Waals surface area contributed by atoms with Crippen LogP contribution in [0.15, 0.2) is 114 Å². The van der Waals surface area contributed by atoms with Crippen LogP contribution in [0.25, 0.3) is 33.2 Å². The summed E-state index contributed by atoms with van der Waals surface area (Å²) in [5, 5.41) is 14.4. The molecule has 2 N–H and O–H groups in total. The Bertz CT molecular complexity index is 1880. The number of fused-ring (bicyclic) bond motifs is 1. The Morgan fingerprint density at radius 1 is 0.795 bits per heavy atom. The first-order valence-electron chi connectivity index (χ1n) is 12.3. The first kappa shape index (κ1) is 25.1. The number of hydrogen-bond acceptors (Lipinski definition) is 3. The van der Waals surface area contributed by atoms with Gasteiger partial charge in [-0.3, -0.25) is 4.79 Å². The number of hydrogen-bond donors (Lipinski definition) is 2. The van der Waals surface area contributed by atoms with E-state index in [0.717, 1.165) is 22.1 Å². The van der Waals surface area contributed by atoms with E-state index < -0.39 is 5.60 Å². The van der Waals surface area contributed by atoms with E-state index in [0.29, 0.717) is 37.9 Å². The van der Waals surface area contributed by atoms with E-state index in [4.69, 9.17) is 23.2 Å². The van der Waals surface area contributed by atoms with Crippen LogP contribution in [0.4, 0.5) is 0 Å². The van der Waals surface area contributed by atoms with Crippen molar-refractivity contribution in [1.82, 2.24) is 14.5 Å². The molecule has 0 saturated carbocycles. The van der Waals surface area contributed by atoms with Gasteiger partial charge in [-0.05, 0) is 58.7 Å². The fourth-order valence-electron chi connectivity index (χ4n) is 5.20. The molecule has 0 fully saturated rings. The first-order valence-corrected chi connectivity index (χ1v) is 13.1. The van der Waals surface area contributed by atoms with E-state index in [9.17, 15) is 9.90 Å². The largest absolute Gasteiger partial charge is 0.374 e. The fourth-order valence-corrected chi connectivity index (χ4v) is 5.52. The molecule has 7 heteroatoms. The number of imidazole rings is 1. The molecule has 0 spiro atoms. The molecular weight excluding hydrogens is 529 g/mol. The van der Waals surface area contributed by atoms with Crippen LogP contribution in [-0.4, -0.2) is 19.6 Å². The first-order chi connectivity index (χ1) is 18.9. The Hall–Kier alpha value is -4.16. The summed E-state index contributed by atoms with van der Waals surface area (Å²) in [5.74, 6) is 0. The van der Waals surface area contributed by atoms with Gasteiger partial charge in [0.05, 0.1) is 23.8 Å². The number of aliphatic hydroxyl groups is 1. The fraction of sp³-hybridized carbons (Fsp3) is 0.0625. The number of aromatic nitrogens is 3. The second-order valence-corrected chi connectivity index (χ2v) is 10.3. The molecule has 4 aromatic carbocycles. The van der Waals surface area contributed by atoms with Gasteiger partial charge < -0.3 is 14.7 Å². The standard InChI is InChI=1S/C32H23Cl2N3O2/c1-37-19-35-18-28(37)32(39,22-10-13-24(33)14-11-22)23-12-15-27-26(17-23)29(21-8-5-9-25(34)16-21)30(31(38)36-27)20-6-3-2-4-7-20/h2-19,39H,1H3,(H,36,38). The molecule has 0 bridgehead atoms. The van der Waals surface area contributed by atoms with Crippen LogP contribution < -0.4 is 5.56 Å². The van der Waals surface area contributed by atoms with Crippen LogP contribution in [-0.2, 0) is 12.6 Å². The quantitative estimate of drug-likeness (QED) is 0.238. The molecule has 2 heterocycles. The highest BCUT2D eigenvalue weighted by Crippen LogP contribution is 2.41. The van der Waals surface area contributed by atoms with E-state index in [1.165, 1.54) is 0 Å². The van der Waals surface area contributed by atoms with Gasteiger partial charge in [-0.1, -0.05) is 83.9 Å². The lowest BCUT2D eigenvalue weighted by molar-refractivity contribution is 0.117. The van der Waals surface area contributed by atoms with Crippen molar-refractivity contribution in [2.24, 2.45) is 7.05 Å². The average molecular weight is 552 g/mol. The third-order valence-electron chi connectivity index (χ3n) is 7.06. The maximum Gasteiger partial charge on any atom is 0.256 e. The summed E-state index contributed by atoms with van der Waals surface area (Å²) in [4.78, 5) is 20.8. The SMILES string of the molecule is Cn1cncc1C(O)(c1ccc(Cl)cc1)c1ccc2[nH]c(=O)c(-c3ccccc3)c(-c3cccc(Cl)c3)c2c1. The highest BCUT2D eigenvalue weighted by molar-refractivity contribution is 6.31. The molecule has 192 valence electrons. The van der Waals surface area contributed by atoms with Crippen LogP contribution >= 0.6 is 23.2 Å². The molecule has 1 atom stereocenters. The third-order valence-corrected chi connectivity index (χ3v) is 7.54. The molecule has 2 aromatic heterocycles. The summed E-state index contributed by atoms with van der Waals surface area (Å²) in [6.07, 6.45) is 3.30. The lowest BCUT2D eigenvalue weighted by atomic mass is 9.82. The second-order valence-electron chi connectivity index (χ2n) is 9.45. The predicted octanol–water partition coefficient (Wildman–Crippen LogP) is 7.19. The Labute approximate surface area is 234 Å². The lowest BCUT2D eigenvalue weighted by Gasteiger charge is -2.30. The van der Waals surface area contributed by atoms with Gasteiger partial charge in [0.2, 0.25) is 0 Å². The summed E-state index contributed by atoms with van der Waals surface area (Å²) >= 11 is 12.6. The van der Waals surface area contributed by atoms with Gasteiger partial charge in [0.15, 0.2) is 5.60 Å². The Morgan fingerprint density at radius 2 is 1.51 bits per heavy atom. The number of pyridine rings is 1. The Kier molecular flexibility index (Phi) is 6.35. The Morgan fingerprint density at radius 3 is 2.21 bits per heavy atom. The lowest BCUT2D eigenvalue weighted by Crippen LogP contribution is -2.31. The maximum absolute atomic E-state index is 13.5. The van der Waals surface area contributed by atoms with Gasteiger partial charge in [-0.2, -0.15) is 0 Å².